The molecule has 0 radical (unpaired) electrons. The van der Waals surface area contributed by atoms with Crippen LogP contribution in [0.2, 0.25) is 0 Å². The Kier molecular flexibility index (Phi) is 2.28. The van der Waals surface area contributed by atoms with Crippen molar-refractivity contribution in [2.45, 2.75) is 44.6 Å². The van der Waals surface area contributed by atoms with Gasteiger partial charge in [-0.3, -0.25) is 0 Å². The third kappa shape index (κ3) is 1.48. The van der Waals surface area contributed by atoms with Gasteiger partial charge in [-0.05, 0) is 20.3 Å². The van der Waals surface area contributed by atoms with Crippen molar-refractivity contribution in [3.63, 3.8) is 0 Å². The van der Waals surface area contributed by atoms with Gasteiger partial charge in [0.05, 0.1) is 18.3 Å². The number of aliphatic hydroxyl groups excluding tert-OH is 1. The second-order valence-corrected chi connectivity index (χ2v) is 3.04. The van der Waals surface area contributed by atoms with Crippen molar-refractivity contribution in [3.05, 3.63) is 0 Å². The molecule has 0 spiro atoms. The average Bonchev–Trinajstić information content (AvgIpc) is 1.82. The maximum Gasteiger partial charge on any atom is 0.0950 e. The predicted octanol–water partition coefficient (Wildman–Crippen LogP) is -0.128. The largest absolute Gasteiger partial charge is 0.389 e. The van der Waals surface area contributed by atoms with E-state index in [1.807, 2.05) is 13.8 Å². The number of nitrogens with two attached hydrogens (primary N) is 1. The molecular weight excluding hydrogens is 130 g/mol. The van der Waals surface area contributed by atoms with Crippen molar-refractivity contribution in [2.75, 3.05) is 0 Å². The topological polar surface area (TPSA) is 55.5 Å². The summed E-state index contributed by atoms with van der Waals surface area (Å²) in [4.78, 5) is 0. The van der Waals surface area contributed by atoms with Crippen LogP contribution in [0.15, 0.2) is 0 Å². The summed E-state index contributed by atoms with van der Waals surface area (Å²) >= 11 is 0. The third-order valence-corrected chi connectivity index (χ3v) is 1.97. The SMILES string of the molecule is C[C@@H]1O[C@@H](C)C[C@H](N)[C@H]1O. The van der Waals surface area contributed by atoms with E-state index in [1.54, 1.807) is 0 Å². The molecule has 0 aromatic carbocycles. The minimum Gasteiger partial charge on any atom is -0.389 e. The van der Waals surface area contributed by atoms with Gasteiger partial charge in [0.2, 0.25) is 0 Å². The highest BCUT2D eigenvalue weighted by Crippen LogP contribution is 2.17. The Morgan fingerprint density at radius 1 is 1.50 bits per heavy atom. The highest BCUT2D eigenvalue weighted by molar-refractivity contribution is 4.84. The van der Waals surface area contributed by atoms with Gasteiger partial charge in [-0.1, -0.05) is 0 Å². The fourth-order valence-corrected chi connectivity index (χ4v) is 1.37. The second kappa shape index (κ2) is 2.86. The molecule has 3 heteroatoms. The van der Waals surface area contributed by atoms with Crippen molar-refractivity contribution in [2.24, 2.45) is 5.73 Å². The summed E-state index contributed by atoms with van der Waals surface area (Å²) in [7, 11) is 0. The van der Waals surface area contributed by atoms with E-state index in [0.29, 0.717) is 0 Å². The Hall–Kier alpha value is -0.120. The average molecular weight is 145 g/mol. The molecule has 1 saturated heterocycles. The molecule has 1 aliphatic rings. The Morgan fingerprint density at radius 3 is 2.60 bits per heavy atom. The maximum atomic E-state index is 9.31. The highest BCUT2D eigenvalue weighted by atomic mass is 16.5. The van der Waals surface area contributed by atoms with Crippen LogP contribution in [-0.4, -0.2) is 29.5 Å². The van der Waals surface area contributed by atoms with Crippen molar-refractivity contribution >= 4 is 0 Å². The molecule has 1 heterocycles. The summed E-state index contributed by atoms with van der Waals surface area (Å²) in [5, 5.41) is 9.31. The molecule has 1 rings (SSSR count). The van der Waals surface area contributed by atoms with Crippen LogP contribution >= 0.6 is 0 Å². The van der Waals surface area contributed by atoms with E-state index in [4.69, 9.17) is 10.5 Å². The first-order valence-electron chi connectivity index (χ1n) is 3.70. The quantitative estimate of drug-likeness (QED) is 0.499. The normalized spacial score (nSPS) is 49.2. The lowest BCUT2D eigenvalue weighted by atomic mass is 9.98. The van der Waals surface area contributed by atoms with E-state index in [9.17, 15) is 5.11 Å². The van der Waals surface area contributed by atoms with E-state index in [1.165, 1.54) is 0 Å². The van der Waals surface area contributed by atoms with E-state index < -0.39 is 6.10 Å². The summed E-state index contributed by atoms with van der Waals surface area (Å²) in [6, 6.07) is -0.112. The molecule has 0 unspecified atom stereocenters. The van der Waals surface area contributed by atoms with Crippen molar-refractivity contribution in [3.8, 4) is 0 Å². The zero-order chi connectivity index (χ0) is 7.72. The maximum absolute atomic E-state index is 9.31. The van der Waals surface area contributed by atoms with Gasteiger partial charge in [0, 0.05) is 6.04 Å². The first-order chi connectivity index (χ1) is 4.61. The van der Waals surface area contributed by atoms with Gasteiger partial charge in [0.25, 0.3) is 0 Å². The predicted molar refractivity (Wildman–Crippen MR) is 38.6 cm³/mol. The fourth-order valence-electron chi connectivity index (χ4n) is 1.37. The van der Waals surface area contributed by atoms with Gasteiger partial charge in [-0.25, -0.2) is 0 Å². The molecular formula is C7H15NO2. The Labute approximate surface area is 61.2 Å². The smallest absolute Gasteiger partial charge is 0.0950 e. The summed E-state index contributed by atoms with van der Waals surface area (Å²) in [6.45, 7) is 3.82. The van der Waals surface area contributed by atoms with Crippen LogP contribution in [0.1, 0.15) is 20.3 Å². The second-order valence-electron chi connectivity index (χ2n) is 3.04. The lowest BCUT2D eigenvalue weighted by Crippen LogP contribution is -2.50. The van der Waals surface area contributed by atoms with Crippen molar-refractivity contribution < 1.29 is 9.84 Å². The van der Waals surface area contributed by atoms with Crippen LogP contribution in [0, 0.1) is 0 Å². The fraction of sp³-hybridized carbons (Fsp3) is 1.00. The summed E-state index contributed by atoms with van der Waals surface area (Å²) < 4.78 is 5.34. The molecule has 1 fully saturated rings. The Bertz CT molecular complexity index is 106. The van der Waals surface area contributed by atoms with E-state index >= 15 is 0 Å². The molecule has 0 aromatic rings. The highest BCUT2D eigenvalue weighted by Gasteiger charge is 2.30. The molecule has 3 nitrogen and oxygen atoms in total. The van der Waals surface area contributed by atoms with Crippen molar-refractivity contribution in [1.82, 2.24) is 0 Å². The minimum absolute atomic E-state index is 0.112. The van der Waals surface area contributed by atoms with Crippen LogP contribution in [0.3, 0.4) is 0 Å². The molecule has 0 aliphatic carbocycles. The monoisotopic (exact) mass is 145 g/mol. The van der Waals surface area contributed by atoms with Gasteiger partial charge < -0.3 is 15.6 Å². The Balaban J connectivity index is 2.49. The third-order valence-electron chi connectivity index (χ3n) is 1.97. The number of rotatable bonds is 0. The van der Waals surface area contributed by atoms with Gasteiger partial charge in [-0.15, -0.1) is 0 Å². The first-order valence-corrected chi connectivity index (χ1v) is 3.70. The molecule has 0 aromatic heterocycles. The standard InChI is InChI=1S/C7H15NO2/c1-4-3-6(8)7(9)5(2)10-4/h4-7,9H,3,8H2,1-2H3/t4-,5-,6-,7-/m0/s1. The van der Waals surface area contributed by atoms with Crippen LogP contribution in [0.4, 0.5) is 0 Å². The molecule has 0 saturated carbocycles. The zero-order valence-electron chi connectivity index (χ0n) is 6.45. The summed E-state index contributed by atoms with van der Waals surface area (Å²) in [5.41, 5.74) is 5.63. The summed E-state index contributed by atoms with van der Waals surface area (Å²) in [5.74, 6) is 0. The van der Waals surface area contributed by atoms with Crippen LogP contribution in [0.25, 0.3) is 0 Å². The molecule has 1 aliphatic heterocycles. The van der Waals surface area contributed by atoms with Crippen molar-refractivity contribution in [1.29, 1.82) is 0 Å². The van der Waals surface area contributed by atoms with Gasteiger partial charge >= 0.3 is 0 Å². The number of hydrogen-bond acceptors (Lipinski definition) is 3. The van der Waals surface area contributed by atoms with Gasteiger partial charge in [0.15, 0.2) is 0 Å². The summed E-state index contributed by atoms with van der Waals surface area (Å²) in [6.07, 6.45) is 0.342. The molecule has 0 bridgehead atoms. The van der Waals surface area contributed by atoms with E-state index in [2.05, 4.69) is 0 Å². The van der Waals surface area contributed by atoms with Gasteiger partial charge in [0.1, 0.15) is 0 Å². The van der Waals surface area contributed by atoms with Crippen LogP contribution in [0.5, 0.6) is 0 Å². The van der Waals surface area contributed by atoms with E-state index in [-0.39, 0.29) is 18.2 Å². The molecule has 4 atom stereocenters. The van der Waals surface area contributed by atoms with Crippen LogP contribution < -0.4 is 5.73 Å². The van der Waals surface area contributed by atoms with E-state index in [0.717, 1.165) is 6.42 Å². The van der Waals surface area contributed by atoms with Crippen LogP contribution in [-0.2, 0) is 4.74 Å². The number of ether oxygens (including phenoxy) is 1. The zero-order valence-corrected chi connectivity index (χ0v) is 6.45. The Morgan fingerprint density at radius 2 is 2.10 bits per heavy atom. The molecule has 60 valence electrons. The number of aliphatic hydroxyl groups is 1. The first kappa shape index (κ1) is 7.98. The lowest BCUT2D eigenvalue weighted by Gasteiger charge is -2.34. The molecule has 3 N–H and O–H groups in total. The molecule has 0 amide bonds. The van der Waals surface area contributed by atoms with Gasteiger partial charge in [-0.2, -0.15) is 0 Å². The molecule has 10 heavy (non-hydrogen) atoms. The lowest BCUT2D eigenvalue weighted by molar-refractivity contribution is -0.110. The minimum atomic E-state index is -0.490. The number of hydrogen-bond donors (Lipinski definition) is 2.